The van der Waals surface area contributed by atoms with E-state index in [4.69, 9.17) is 5.73 Å². The molecule has 3 N–H and O–H groups in total. The van der Waals surface area contributed by atoms with Gasteiger partial charge in [0.15, 0.2) is 0 Å². The molecule has 0 aromatic heterocycles. The summed E-state index contributed by atoms with van der Waals surface area (Å²) in [6, 6.07) is 5.42. The van der Waals surface area contributed by atoms with Gasteiger partial charge in [0.1, 0.15) is 0 Å². The van der Waals surface area contributed by atoms with E-state index in [9.17, 15) is 4.79 Å². The highest BCUT2D eigenvalue weighted by Crippen LogP contribution is 2.19. The number of anilines is 1. The molecule has 1 aromatic carbocycles. The second-order valence-corrected chi connectivity index (χ2v) is 6.14. The number of benzene rings is 1. The molecule has 1 aromatic rings. The Hall–Kier alpha value is -1.07. The lowest BCUT2D eigenvalue weighted by molar-refractivity contribution is 0.0936. The SMILES string of the molecule is CCN(CC)CCCC(C)NC(=O)c1cc(N)ccc1Br. The quantitative estimate of drug-likeness (QED) is 0.703. The Balaban J connectivity index is 2.45. The highest BCUT2D eigenvalue weighted by Gasteiger charge is 2.13. The summed E-state index contributed by atoms with van der Waals surface area (Å²) in [7, 11) is 0. The van der Waals surface area contributed by atoms with Crippen molar-refractivity contribution < 1.29 is 4.79 Å². The highest BCUT2D eigenvalue weighted by molar-refractivity contribution is 9.10. The molecule has 1 rings (SSSR count). The van der Waals surface area contributed by atoms with Crippen LogP contribution in [0.2, 0.25) is 0 Å². The summed E-state index contributed by atoms with van der Waals surface area (Å²) in [5.74, 6) is -0.0792. The van der Waals surface area contributed by atoms with E-state index in [0.717, 1.165) is 36.9 Å². The summed E-state index contributed by atoms with van der Waals surface area (Å²) in [4.78, 5) is 14.6. The molecule has 0 aliphatic rings. The first kappa shape index (κ1) is 18.0. The molecule has 0 spiro atoms. The van der Waals surface area contributed by atoms with Crippen molar-refractivity contribution in [2.45, 2.75) is 39.7 Å². The zero-order chi connectivity index (χ0) is 15.8. The molecule has 0 saturated carbocycles. The molecule has 0 fully saturated rings. The van der Waals surface area contributed by atoms with Crippen LogP contribution in [0.5, 0.6) is 0 Å². The second-order valence-electron chi connectivity index (χ2n) is 5.28. The molecular weight excluding hydrogens is 330 g/mol. The standard InChI is InChI=1S/C16H26BrN3O/c1-4-20(5-2)10-6-7-12(3)19-16(21)14-11-13(18)8-9-15(14)17/h8-9,11-12H,4-7,10,18H2,1-3H3,(H,19,21). The van der Waals surface area contributed by atoms with E-state index in [1.54, 1.807) is 18.2 Å². The van der Waals surface area contributed by atoms with Gasteiger partial charge in [-0.1, -0.05) is 13.8 Å². The van der Waals surface area contributed by atoms with Gasteiger partial charge in [-0.25, -0.2) is 0 Å². The fraction of sp³-hybridized carbons (Fsp3) is 0.562. The minimum absolute atomic E-state index is 0.0792. The van der Waals surface area contributed by atoms with Crippen LogP contribution in [-0.4, -0.2) is 36.5 Å². The van der Waals surface area contributed by atoms with Crippen LogP contribution in [0, 0.1) is 0 Å². The third kappa shape index (κ3) is 6.06. The summed E-state index contributed by atoms with van der Waals surface area (Å²) in [6.45, 7) is 9.62. The number of rotatable bonds is 8. The van der Waals surface area contributed by atoms with Gasteiger partial charge in [0.25, 0.3) is 5.91 Å². The highest BCUT2D eigenvalue weighted by atomic mass is 79.9. The number of halogens is 1. The second kappa shape index (κ2) is 9.05. The zero-order valence-electron chi connectivity index (χ0n) is 13.2. The predicted molar refractivity (Wildman–Crippen MR) is 92.5 cm³/mol. The van der Waals surface area contributed by atoms with Gasteiger partial charge in [-0.2, -0.15) is 0 Å². The molecule has 0 bridgehead atoms. The minimum atomic E-state index is -0.0792. The van der Waals surface area contributed by atoms with Crippen LogP contribution in [0.15, 0.2) is 22.7 Å². The summed E-state index contributed by atoms with van der Waals surface area (Å²) >= 11 is 3.39. The molecule has 118 valence electrons. The number of nitrogen functional groups attached to an aromatic ring is 1. The average molecular weight is 356 g/mol. The molecule has 5 heteroatoms. The van der Waals surface area contributed by atoms with Crippen molar-refractivity contribution in [2.24, 2.45) is 0 Å². The normalized spacial score (nSPS) is 12.4. The summed E-state index contributed by atoms with van der Waals surface area (Å²) in [6.07, 6.45) is 2.06. The topological polar surface area (TPSA) is 58.4 Å². The van der Waals surface area contributed by atoms with Crippen LogP contribution in [0.3, 0.4) is 0 Å². The number of nitrogens with one attached hydrogen (secondary N) is 1. The van der Waals surface area contributed by atoms with Crippen LogP contribution in [0.1, 0.15) is 44.0 Å². The van der Waals surface area contributed by atoms with Crippen LogP contribution < -0.4 is 11.1 Å². The van der Waals surface area contributed by atoms with Gasteiger partial charge in [-0.3, -0.25) is 4.79 Å². The van der Waals surface area contributed by atoms with Gasteiger partial charge < -0.3 is 16.0 Å². The molecule has 0 radical (unpaired) electrons. The Morgan fingerprint density at radius 2 is 2.05 bits per heavy atom. The van der Waals surface area contributed by atoms with Crippen molar-refractivity contribution in [2.75, 3.05) is 25.4 Å². The number of carbonyl (C=O) groups is 1. The maximum Gasteiger partial charge on any atom is 0.252 e. The predicted octanol–water partition coefficient (Wildman–Crippen LogP) is 3.27. The molecule has 0 saturated heterocycles. The number of nitrogens with two attached hydrogens (primary N) is 1. The van der Waals surface area contributed by atoms with Gasteiger partial charge >= 0.3 is 0 Å². The molecule has 21 heavy (non-hydrogen) atoms. The van der Waals surface area contributed by atoms with Gasteiger partial charge in [0.05, 0.1) is 5.56 Å². The lowest BCUT2D eigenvalue weighted by atomic mass is 10.1. The van der Waals surface area contributed by atoms with E-state index < -0.39 is 0 Å². The molecule has 0 aliphatic carbocycles. The number of amides is 1. The third-order valence-corrected chi connectivity index (χ3v) is 4.31. The maximum absolute atomic E-state index is 12.2. The van der Waals surface area contributed by atoms with E-state index in [-0.39, 0.29) is 11.9 Å². The fourth-order valence-electron chi connectivity index (χ4n) is 2.25. The zero-order valence-corrected chi connectivity index (χ0v) is 14.7. The van der Waals surface area contributed by atoms with Crippen molar-refractivity contribution in [1.82, 2.24) is 10.2 Å². The Morgan fingerprint density at radius 3 is 2.67 bits per heavy atom. The van der Waals surface area contributed by atoms with Crippen molar-refractivity contribution in [3.05, 3.63) is 28.2 Å². The van der Waals surface area contributed by atoms with Gasteiger partial charge in [0.2, 0.25) is 0 Å². The number of hydrogen-bond acceptors (Lipinski definition) is 3. The fourth-order valence-corrected chi connectivity index (χ4v) is 2.68. The van der Waals surface area contributed by atoms with E-state index in [1.807, 2.05) is 6.92 Å². The number of carbonyl (C=O) groups excluding carboxylic acids is 1. The number of nitrogens with zero attached hydrogens (tertiary/aromatic N) is 1. The third-order valence-electron chi connectivity index (χ3n) is 3.62. The van der Waals surface area contributed by atoms with E-state index in [2.05, 4.69) is 40.0 Å². The molecule has 1 amide bonds. The average Bonchev–Trinajstić information content (AvgIpc) is 2.46. The summed E-state index contributed by atoms with van der Waals surface area (Å²) < 4.78 is 0.768. The van der Waals surface area contributed by atoms with Gasteiger partial charge in [0, 0.05) is 16.2 Å². The maximum atomic E-state index is 12.2. The van der Waals surface area contributed by atoms with E-state index >= 15 is 0 Å². The Labute approximate surface area is 136 Å². The molecular formula is C16H26BrN3O. The first-order valence-corrected chi connectivity index (χ1v) is 8.35. The lowest BCUT2D eigenvalue weighted by Gasteiger charge is -2.20. The van der Waals surface area contributed by atoms with Gasteiger partial charge in [-0.05, 0) is 73.5 Å². The molecule has 1 unspecified atom stereocenters. The van der Waals surface area contributed by atoms with Crippen LogP contribution in [0.4, 0.5) is 5.69 Å². The first-order chi connectivity index (χ1) is 9.97. The number of hydrogen-bond donors (Lipinski definition) is 2. The van der Waals surface area contributed by atoms with Crippen LogP contribution in [-0.2, 0) is 0 Å². The van der Waals surface area contributed by atoms with Crippen molar-refractivity contribution >= 4 is 27.5 Å². The summed E-state index contributed by atoms with van der Waals surface area (Å²) in [5.41, 5.74) is 6.92. The largest absolute Gasteiger partial charge is 0.399 e. The monoisotopic (exact) mass is 355 g/mol. The molecule has 0 aliphatic heterocycles. The summed E-state index contributed by atoms with van der Waals surface area (Å²) in [5, 5.41) is 3.03. The van der Waals surface area contributed by atoms with Crippen LogP contribution in [0.25, 0.3) is 0 Å². The Morgan fingerprint density at radius 1 is 1.38 bits per heavy atom. The van der Waals surface area contributed by atoms with Crippen LogP contribution >= 0.6 is 15.9 Å². The van der Waals surface area contributed by atoms with Crippen molar-refractivity contribution in [1.29, 1.82) is 0 Å². The Bertz CT molecular complexity index is 461. The van der Waals surface area contributed by atoms with Crippen molar-refractivity contribution in [3.8, 4) is 0 Å². The minimum Gasteiger partial charge on any atom is -0.399 e. The first-order valence-electron chi connectivity index (χ1n) is 7.56. The van der Waals surface area contributed by atoms with Gasteiger partial charge in [-0.15, -0.1) is 0 Å². The Kier molecular flexibility index (Phi) is 7.75. The molecule has 1 atom stereocenters. The smallest absolute Gasteiger partial charge is 0.252 e. The van der Waals surface area contributed by atoms with Crippen molar-refractivity contribution in [3.63, 3.8) is 0 Å². The van der Waals surface area contributed by atoms with E-state index in [1.165, 1.54) is 0 Å². The lowest BCUT2D eigenvalue weighted by Crippen LogP contribution is -2.34. The molecule has 0 heterocycles. The van der Waals surface area contributed by atoms with E-state index in [0.29, 0.717) is 11.3 Å². The molecule has 4 nitrogen and oxygen atoms in total.